The van der Waals surface area contributed by atoms with Gasteiger partial charge in [0, 0.05) is 23.1 Å². The van der Waals surface area contributed by atoms with Gasteiger partial charge in [-0.05, 0) is 42.8 Å². The SMILES string of the molecule is CCCN(CC)Cc1cc(Br)c2c(c1)C(=O)NC2. The number of nitrogens with one attached hydrogen (secondary N) is 1. The van der Waals surface area contributed by atoms with Crippen LogP contribution in [0.5, 0.6) is 0 Å². The van der Waals surface area contributed by atoms with Gasteiger partial charge in [0.05, 0.1) is 0 Å². The number of carbonyl (C=O) groups is 1. The zero-order valence-corrected chi connectivity index (χ0v) is 12.5. The van der Waals surface area contributed by atoms with Gasteiger partial charge in [-0.2, -0.15) is 0 Å². The molecule has 0 unspecified atom stereocenters. The minimum atomic E-state index is 0.0473. The molecule has 1 aliphatic rings. The van der Waals surface area contributed by atoms with E-state index in [-0.39, 0.29) is 5.91 Å². The Labute approximate surface area is 117 Å². The maximum Gasteiger partial charge on any atom is 0.251 e. The first kappa shape index (κ1) is 13.6. The summed E-state index contributed by atoms with van der Waals surface area (Å²) in [5.41, 5.74) is 3.11. The number of carbonyl (C=O) groups excluding carboxylic acids is 1. The van der Waals surface area contributed by atoms with Crippen LogP contribution in [-0.2, 0) is 13.1 Å². The van der Waals surface area contributed by atoms with Crippen LogP contribution in [0.15, 0.2) is 16.6 Å². The summed E-state index contributed by atoms with van der Waals surface area (Å²) in [7, 11) is 0. The molecule has 0 aliphatic carbocycles. The predicted octanol–water partition coefficient (Wildman–Crippen LogP) is 2.92. The van der Waals surface area contributed by atoms with E-state index in [0.29, 0.717) is 6.54 Å². The molecule has 18 heavy (non-hydrogen) atoms. The van der Waals surface area contributed by atoms with Crippen LogP contribution in [0.4, 0.5) is 0 Å². The van der Waals surface area contributed by atoms with E-state index in [2.05, 4.69) is 46.1 Å². The van der Waals surface area contributed by atoms with Crippen molar-refractivity contribution in [1.29, 1.82) is 0 Å². The maximum absolute atomic E-state index is 11.7. The van der Waals surface area contributed by atoms with E-state index >= 15 is 0 Å². The molecule has 0 spiro atoms. The molecule has 0 saturated carbocycles. The van der Waals surface area contributed by atoms with E-state index in [0.717, 1.165) is 41.7 Å². The average molecular weight is 311 g/mol. The van der Waals surface area contributed by atoms with Gasteiger partial charge in [0.2, 0.25) is 0 Å². The molecule has 0 aromatic heterocycles. The van der Waals surface area contributed by atoms with Gasteiger partial charge in [-0.15, -0.1) is 0 Å². The van der Waals surface area contributed by atoms with Crippen molar-refractivity contribution in [2.24, 2.45) is 0 Å². The van der Waals surface area contributed by atoms with Crippen molar-refractivity contribution in [2.75, 3.05) is 13.1 Å². The fourth-order valence-electron chi connectivity index (χ4n) is 2.35. The normalized spacial score (nSPS) is 13.9. The third kappa shape index (κ3) is 2.75. The molecular formula is C14H19BrN2O. The van der Waals surface area contributed by atoms with E-state index in [9.17, 15) is 4.79 Å². The Hall–Kier alpha value is -0.870. The summed E-state index contributed by atoms with van der Waals surface area (Å²) in [6.45, 7) is 8.04. The minimum absolute atomic E-state index is 0.0473. The van der Waals surface area contributed by atoms with Gasteiger partial charge in [0.15, 0.2) is 0 Å². The van der Waals surface area contributed by atoms with E-state index in [1.54, 1.807) is 0 Å². The highest BCUT2D eigenvalue weighted by atomic mass is 79.9. The van der Waals surface area contributed by atoms with Gasteiger partial charge in [0.25, 0.3) is 5.91 Å². The van der Waals surface area contributed by atoms with Crippen LogP contribution >= 0.6 is 15.9 Å². The van der Waals surface area contributed by atoms with E-state index in [1.807, 2.05) is 6.07 Å². The van der Waals surface area contributed by atoms with Crippen molar-refractivity contribution in [2.45, 2.75) is 33.4 Å². The highest BCUT2D eigenvalue weighted by molar-refractivity contribution is 9.10. The molecule has 1 heterocycles. The molecule has 98 valence electrons. The van der Waals surface area contributed by atoms with Crippen LogP contribution in [0.25, 0.3) is 0 Å². The van der Waals surface area contributed by atoms with Gasteiger partial charge < -0.3 is 5.32 Å². The van der Waals surface area contributed by atoms with Crippen LogP contribution in [0, 0.1) is 0 Å². The van der Waals surface area contributed by atoms with Gasteiger partial charge in [-0.1, -0.05) is 29.8 Å². The van der Waals surface area contributed by atoms with Crippen molar-refractivity contribution in [3.63, 3.8) is 0 Å². The zero-order chi connectivity index (χ0) is 13.1. The molecule has 1 N–H and O–H groups in total. The van der Waals surface area contributed by atoms with Gasteiger partial charge in [-0.3, -0.25) is 9.69 Å². The van der Waals surface area contributed by atoms with Crippen LogP contribution in [0.3, 0.4) is 0 Å². The first-order valence-electron chi connectivity index (χ1n) is 6.47. The summed E-state index contributed by atoms with van der Waals surface area (Å²) in [5, 5.41) is 2.86. The standard InChI is InChI=1S/C14H19BrN2O/c1-3-5-17(4-2)9-10-6-11-12(13(15)7-10)8-16-14(11)18/h6-7H,3-5,8-9H2,1-2H3,(H,16,18). The molecule has 0 atom stereocenters. The van der Waals surface area contributed by atoms with E-state index in [4.69, 9.17) is 0 Å². The summed E-state index contributed by atoms with van der Waals surface area (Å²) in [5.74, 6) is 0.0473. The molecule has 0 saturated heterocycles. The molecule has 3 nitrogen and oxygen atoms in total. The number of rotatable bonds is 5. The number of amides is 1. The molecule has 4 heteroatoms. The third-order valence-electron chi connectivity index (χ3n) is 3.32. The van der Waals surface area contributed by atoms with Crippen molar-refractivity contribution in [3.8, 4) is 0 Å². The highest BCUT2D eigenvalue weighted by Crippen LogP contribution is 2.27. The largest absolute Gasteiger partial charge is 0.348 e. The fourth-order valence-corrected chi connectivity index (χ4v) is 3.00. The molecule has 1 aromatic carbocycles. The number of nitrogens with zero attached hydrogens (tertiary/aromatic N) is 1. The third-order valence-corrected chi connectivity index (χ3v) is 4.03. The summed E-state index contributed by atoms with van der Waals surface area (Å²) in [6.07, 6.45) is 1.15. The van der Waals surface area contributed by atoms with Gasteiger partial charge in [0.1, 0.15) is 0 Å². The summed E-state index contributed by atoms with van der Waals surface area (Å²) in [6, 6.07) is 4.16. The number of hydrogen-bond acceptors (Lipinski definition) is 2. The Morgan fingerprint density at radius 2 is 2.17 bits per heavy atom. The molecule has 1 aromatic rings. The first-order valence-corrected chi connectivity index (χ1v) is 7.26. The zero-order valence-electron chi connectivity index (χ0n) is 10.9. The molecule has 0 fully saturated rings. The lowest BCUT2D eigenvalue weighted by Crippen LogP contribution is -2.23. The summed E-state index contributed by atoms with van der Waals surface area (Å²) >= 11 is 3.57. The minimum Gasteiger partial charge on any atom is -0.348 e. The summed E-state index contributed by atoms with van der Waals surface area (Å²) in [4.78, 5) is 14.1. The van der Waals surface area contributed by atoms with Crippen LogP contribution < -0.4 is 5.32 Å². The number of fused-ring (bicyclic) bond motifs is 1. The molecule has 1 aliphatic heterocycles. The Bertz CT molecular complexity index is 459. The lowest BCUT2D eigenvalue weighted by molar-refractivity contribution is 0.0965. The Kier molecular flexibility index (Phi) is 4.40. The van der Waals surface area contributed by atoms with E-state index in [1.165, 1.54) is 5.56 Å². The van der Waals surface area contributed by atoms with Gasteiger partial charge >= 0.3 is 0 Å². The summed E-state index contributed by atoms with van der Waals surface area (Å²) < 4.78 is 1.04. The Morgan fingerprint density at radius 3 is 2.83 bits per heavy atom. The van der Waals surface area contributed by atoms with Crippen LogP contribution in [0.1, 0.15) is 41.8 Å². The first-order chi connectivity index (χ1) is 8.65. The molecule has 0 bridgehead atoms. The van der Waals surface area contributed by atoms with Crippen molar-refractivity contribution >= 4 is 21.8 Å². The van der Waals surface area contributed by atoms with Crippen molar-refractivity contribution < 1.29 is 4.79 Å². The molecule has 2 rings (SSSR count). The van der Waals surface area contributed by atoms with Crippen molar-refractivity contribution in [1.82, 2.24) is 10.2 Å². The maximum atomic E-state index is 11.7. The van der Waals surface area contributed by atoms with Crippen LogP contribution in [0.2, 0.25) is 0 Å². The number of halogens is 1. The Morgan fingerprint density at radius 1 is 1.39 bits per heavy atom. The predicted molar refractivity (Wildman–Crippen MR) is 76.6 cm³/mol. The fraction of sp³-hybridized carbons (Fsp3) is 0.500. The second kappa shape index (κ2) is 5.85. The lowest BCUT2D eigenvalue weighted by atomic mass is 10.1. The molecule has 1 amide bonds. The number of benzene rings is 1. The second-order valence-corrected chi connectivity index (χ2v) is 5.51. The van der Waals surface area contributed by atoms with Gasteiger partial charge in [-0.25, -0.2) is 0 Å². The Balaban J connectivity index is 2.22. The highest BCUT2D eigenvalue weighted by Gasteiger charge is 2.22. The molecular weight excluding hydrogens is 292 g/mol. The second-order valence-electron chi connectivity index (χ2n) is 4.66. The topological polar surface area (TPSA) is 32.3 Å². The number of hydrogen-bond donors (Lipinski definition) is 1. The quantitative estimate of drug-likeness (QED) is 0.907. The smallest absolute Gasteiger partial charge is 0.251 e. The molecule has 0 radical (unpaired) electrons. The monoisotopic (exact) mass is 310 g/mol. The van der Waals surface area contributed by atoms with Crippen molar-refractivity contribution in [3.05, 3.63) is 33.3 Å². The van der Waals surface area contributed by atoms with Crippen LogP contribution in [-0.4, -0.2) is 23.9 Å². The average Bonchev–Trinajstić information content (AvgIpc) is 2.71. The van der Waals surface area contributed by atoms with E-state index < -0.39 is 0 Å². The lowest BCUT2D eigenvalue weighted by Gasteiger charge is -2.20.